The summed E-state index contributed by atoms with van der Waals surface area (Å²) < 4.78 is 5.09. The number of piperazine rings is 1. The SMILES string of the molecule is COCCNc1cc(-c2ccccc2)nc(N2CCN(C=O)CC2)n1. The van der Waals surface area contributed by atoms with Crippen molar-refractivity contribution < 1.29 is 9.53 Å². The number of hydrogen-bond donors (Lipinski definition) is 1. The molecule has 1 fully saturated rings. The molecule has 0 radical (unpaired) electrons. The molecule has 1 saturated heterocycles. The van der Waals surface area contributed by atoms with Crippen molar-refractivity contribution >= 4 is 18.2 Å². The van der Waals surface area contributed by atoms with Gasteiger partial charge in [0.05, 0.1) is 12.3 Å². The molecular formula is C18H23N5O2. The van der Waals surface area contributed by atoms with Gasteiger partial charge in [0.2, 0.25) is 12.4 Å². The largest absolute Gasteiger partial charge is 0.383 e. The number of hydrogen-bond acceptors (Lipinski definition) is 6. The average Bonchev–Trinajstić information content (AvgIpc) is 2.69. The van der Waals surface area contributed by atoms with Crippen LogP contribution in [-0.2, 0) is 9.53 Å². The molecule has 3 rings (SSSR count). The van der Waals surface area contributed by atoms with Crippen molar-refractivity contribution in [2.24, 2.45) is 0 Å². The standard InChI is InChI=1S/C18H23N5O2/c1-25-12-7-19-17-13-16(15-5-3-2-4-6-15)20-18(21-17)23-10-8-22(14-24)9-11-23/h2-6,13-14H,7-12H2,1H3,(H,19,20,21). The van der Waals surface area contributed by atoms with E-state index >= 15 is 0 Å². The summed E-state index contributed by atoms with van der Waals surface area (Å²) in [5.74, 6) is 1.46. The molecule has 2 aromatic rings. The first-order valence-electron chi connectivity index (χ1n) is 8.42. The molecule has 0 spiro atoms. The summed E-state index contributed by atoms with van der Waals surface area (Å²) in [6.45, 7) is 4.13. The zero-order valence-electron chi connectivity index (χ0n) is 14.4. The van der Waals surface area contributed by atoms with Crippen molar-refractivity contribution in [3.05, 3.63) is 36.4 Å². The predicted octanol–water partition coefficient (Wildman–Crippen LogP) is 1.48. The number of amides is 1. The second-order valence-corrected chi connectivity index (χ2v) is 5.85. The number of carbonyl (C=O) groups is 1. The van der Waals surface area contributed by atoms with E-state index in [2.05, 4.69) is 15.2 Å². The Labute approximate surface area is 147 Å². The van der Waals surface area contributed by atoms with Crippen LogP contribution in [0.3, 0.4) is 0 Å². The fourth-order valence-corrected chi connectivity index (χ4v) is 2.73. The molecule has 25 heavy (non-hydrogen) atoms. The van der Waals surface area contributed by atoms with E-state index < -0.39 is 0 Å². The highest BCUT2D eigenvalue weighted by Crippen LogP contribution is 2.23. The van der Waals surface area contributed by atoms with E-state index in [1.165, 1.54) is 0 Å². The van der Waals surface area contributed by atoms with Gasteiger partial charge in [0.25, 0.3) is 0 Å². The number of anilines is 2. The Bertz CT molecular complexity index is 687. The molecular weight excluding hydrogens is 318 g/mol. The van der Waals surface area contributed by atoms with Crippen LogP contribution in [0.25, 0.3) is 11.3 Å². The second-order valence-electron chi connectivity index (χ2n) is 5.85. The number of methoxy groups -OCH3 is 1. The third-order valence-electron chi connectivity index (χ3n) is 4.14. The first-order valence-corrected chi connectivity index (χ1v) is 8.42. The van der Waals surface area contributed by atoms with Gasteiger partial charge in [-0.05, 0) is 0 Å². The van der Waals surface area contributed by atoms with Crippen LogP contribution in [0.15, 0.2) is 36.4 Å². The molecule has 7 heteroatoms. The normalized spacial score (nSPS) is 14.4. The number of nitrogens with one attached hydrogen (secondary N) is 1. The quantitative estimate of drug-likeness (QED) is 0.608. The van der Waals surface area contributed by atoms with E-state index in [-0.39, 0.29) is 0 Å². The first kappa shape index (κ1) is 17.2. The van der Waals surface area contributed by atoms with Crippen LogP contribution in [-0.4, -0.2) is 67.7 Å². The maximum absolute atomic E-state index is 10.9. The lowest BCUT2D eigenvalue weighted by molar-refractivity contribution is -0.118. The predicted molar refractivity (Wildman–Crippen MR) is 97.7 cm³/mol. The Kier molecular flexibility index (Phi) is 5.79. The Morgan fingerprint density at radius 1 is 1.16 bits per heavy atom. The van der Waals surface area contributed by atoms with Gasteiger partial charge >= 0.3 is 0 Å². The van der Waals surface area contributed by atoms with Gasteiger partial charge in [-0.3, -0.25) is 4.79 Å². The number of carbonyl (C=O) groups excluding carboxylic acids is 1. The summed E-state index contributed by atoms with van der Waals surface area (Å²) >= 11 is 0. The smallest absolute Gasteiger partial charge is 0.227 e. The minimum Gasteiger partial charge on any atom is -0.383 e. The molecule has 0 atom stereocenters. The number of ether oxygens (including phenoxy) is 1. The van der Waals surface area contributed by atoms with Crippen LogP contribution < -0.4 is 10.2 Å². The summed E-state index contributed by atoms with van der Waals surface area (Å²) in [5, 5.41) is 3.29. The number of benzene rings is 1. The summed E-state index contributed by atoms with van der Waals surface area (Å²) in [5.41, 5.74) is 1.93. The second kappa shape index (κ2) is 8.43. The number of nitrogens with zero attached hydrogens (tertiary/aromatic N) is 4. The minimum absolute atomic E-state index is 0.609. The van der Waals surface area contributed by atoms with E-state index in [0.717, 1.165) is 36.6 Å². The van der Waals surface area contributed by atoms with Gasteiger partial charge in [0.15, 0.2) is 0 Å². The van der Waals surface area contributed by atoms with Crippen LogP contribution >= 0.6 is 0 Å². The van der Waals surface area contributed by atoms with Gasteiger partial charge < -0.3 is 19.9 Å². The van der Waals surface area contributed by atoms with E-state index in [1.807, 2.05) is 36.4 Å². The Balaban J connectivity index is 1.85. The maximum atomic E-state index is 10.9. The molecule has 0 saturated carbocycles. The lowest BCUT2D eigenvalue weighted by Gasteiger charge is -2.32. The molecule has 7 nitrogen and oxygen atoms in total. The van der Waals surface area contributed by atoms with E-state index in [9.17, 15) is 4.79 Å². The van der Waals surface area contributed by atoms with Crippen LogP contribution in [0.5, 0.6) is 0 Å². The number of rotatable bonds is 7. The monoisotopic (exact) mass is 341 g/mol. The van der Waals surface area contributed by atoms with Crippen molar-refractivity contribution in [3.8, 4) is 11.3 Å². The van der Waals surface area contributed by atoms with Gasteiger partial charge in [-0.25, -0.2) is 4.98 Å². The Hall–Kier alpha value is -2.67. The van der Waals surface area contributed by atoms with Gasteiger partial charge in [0.1, 0.15) is 5.82 Å². The fourth-order valence-electron chi connectivity index (χ4n) is 2.73. The zero-order chi connectivity index (χ0) is 17.5. The van der Waals surface area contributed by atoms with E-state index in [0.29, 0.717) is 32.2 Å². The van der Waals surface area contributed by atoms with Gasteiger partial charge in [-0.2, -0.15) is 4.98 Å². The van der Waals surface area contributed by atoms with Gasteiger partial charge in [-0.1, -0.05) is 30.3 Å². The van der Waals surface area contributed by atoms with Gasteiger partial charge in [0, 0.05) is 51.5 Å². The van der Waals surface area contributed by atoms with Gasteiger partial charge in [-0.15, -0.1) is 0 Å². The summed E-state index contributed by atoms with van der Waals surface area (Å²) in [6.07, 6.45) is 0.899. The van der Waals surface area contributed by atoms with Crippen molar-refractivity contribution in [2.45, 2.75) is 0 Å². The average molecular weight is 341 g/mol. The third kappa shape index (κ3) is 4.45. The molecule has 1 aliphatic heterocycles. The van der Waals surface area contributed by atoms with Crippen molar-refractivity contribution in [2.75, 3.05) is 56.7 Å². The van der Waals surface area contributed by atoms with E-state index in [1.54, 1.807) is 12.0 Å². The highest BCUT2D eigenvalue weighted by atomic mass is 16.5. The van der Waals surface area contributed by atoms with Crippen molar-refractivity contribution in [3.63, 3.8) is 0 Å². The summed E-state index contributed by atoms with van der Waals surface area (Å²) in [7, 11) is 1.68. The molecule has 0 bridgehead atoms. The molecule has 2 heterocycles. The lowest BCUT2D eigenvalue weighted by atomic mass is 10.1. The minimum atomic E-state index is 0.609. The Morgan fingerprint density at radius 3 is 2.60 bits per heavy atom. The molecule has 1 aliphatic rings. The molecule has 1 aromatic carbocycles. The third-order valence-corrected chi connectivity index (χ3v) is 4.14. The highest BCUT2D eigenvalue weighted by Gasteiger charge is 2.19. The molecule has 1 amide bonds. The Morgan fingerprint density at radius 2 is 1.92 bits per heavy atom. The van der Waals surface area contributed by atoms with E-state index in [4.69, 9.17) is 9.72 Å². The zero-order valence-corrected chi connectivity index (χ0v) is 14.4. The molecule has 0 unspecified atom stereocenters. The topological polar surface area (TPSA) is 70.6 Å². The van der Waals surface area contributed by atoms with Crippen LogP contribution in [0.2, 0.25) is 0 Å². The maximum Gasteiger partial charge on any atom is 0.227 e. The summed E-state index contributed by atoms with van der Waals surface area (Å²) in [6, 6.07) is 12.0. The molecule has 132 valence electrons. The van der Waals surface area contributed by atoms with Crippen molar-refractivity contribution in [1.29, 1.82) is 0 Å². The lowest BCUT2D eigenvalue weighted by Crippen LogP contribution is -2.46. The summed E-state index contributed by atoms with van der Waals surface area (Å²) in [4.78, 5) is 24.2. The van der Waals surface area contributed by atoms with Crippen LogP contribution in [0.1, 0.15) is 0 Å². The molecule has 0 aliphatic carbocycles. The molecule has 1 N–H and O–H groups in total. The fraction of sp³-hybridized carbons (Fsp3) is 0.389. The number of aromatic nitrogens is 2. The first-order chi connectivity index (χ1) is 12.3. The highest BCUT2D eigenvalue weighted by molar-refractivity contribution is 5.64. The van der Waals surface area contributed by atoms with Crippen LogP contribution in [0, 0.1) is 0 Å². The molecule has 1 aromatic heterocycles. The van der Waals surface area contributed by atoms with Crippen LogP contribution in [0.4, 0.5) is 11.8 Å². The van der Waals surface area contributed by atoms with Crippen molar-refractivity contribution in [1.82, 2.24) is 14.9 Å².